The number of ether oxygens (including phenoxy) is 2. The number of hydrogen-bond acceptors (Lipinski definition) is 6. The highest BCUT2D eigenvalue weighted by Crippen LogP contribution is 2.31. The zero-order valence-electron chi connectivity index (χ0n) is 16.6. The highest BCUT2D eigenvalue weighted by Gasteiger charge is 2.28. The molecule has 0 unspecified atom stereocenters. The van der Waals surface area contributed by atoms with Gasteiger partial charge in [0, 0.05) is 11.6 Å². The van der Waals surface area contributed by atoms with Gasteiger partial charge >= 0.3 is 0 Å². The molecule has 1 saturated heterocycles. The van der Waals surface area contributed by atoms with Crippen LogP contribution >= 0.6 is 0 Å². The Hall–Kier alpha value is -2.54. The van der Waals surface area contributed by atoms with Crippen LogP contribution in [0.15, 0.2) is 29.5 Å². The highest BCUT2D eigenvalue weighted by molar-refractivity contribution is 6.14. The first-order valence-electron chi connectivity index (χ1n) is 9.66. The maximum atomic E-state index is 14.3. The third-order valence-corrected chi connectivity index (χ3v) is 5.01. The van der Waals surface area contributed by atoms with Gasteiger partial charge in [0.05, 0.1) is 49.4 Å². The van der Waals surface area contributed by atoms with Crippen LogP contribution in [0, 0.1) is 5.82 Å². The summed E-state index contributed by atoms with van der Waals surface area (Å²) in [5.41, 5.74) is 3.19. The minimum Gasteiger partial charge on any atom is -0.488 e. The second-order valence-corrected chi connectivity index (χ2v) is 7.68. The molecule has 7 heteroatoms. The molecule has 2 aliphatic heterocycles. The maximum Gasteiger partial charge on any atom is 0.165 e. The minimum atomic E-state index is -0.358. The van der Waals surface area contributed by atoms with Crippen molar-refractivity contribution < 1.29 is 13.9 Å². The van der Waals surface area contributed by atoms with E-state index in [1.807, 2.05) is 19.9 Å². The average Bonchev–Trinajstić information content (AvgIpc) is 3.04. The largest absolute Gasteiger partial charge is 0.488 e. The molecule has 1 aromatic carbocycles. The lowest BCUT2D eigenvalue weighted by Crippen LogP contribution is -2.50. The summed E-state index contributed by atoms with van der Waals surface area (Å²) in [5, 5.41) is 0. The number of nitrogens with zero attached hydrogens (tertiary/aromatic N) is 4. The van der Waals surface area contributed by atoms with Crippen LogP contribution in [-0.4, -0.2) is 47.1 Å². The second-order valence-electron chi connectivity index (χ2n) is 7.68. The molecule has 2 aliphatic rings. The van der Waals surface area contributed by atoms with Crippen molar-refractivity contribution in [1.29, 1.82) is 0 Å². The smallest absolute Gasteiger partial charge is 0.165 e. The molecule has 6 nitrogen and oxygen atoms in total. The molecule has 1 aromatic heterocycles. The van der Waals surface area contributed by atoms with Gasteiger partial charge in [0.2, 0.25) is 0 Å². The number of anilines is 1. The number of halogens is 1. The van der Waals surface area contributed by atoms with Gasteiger partial charge < -0.3 is 14.4 Å². The molecule has 3 heterocycles. The lowest BCUT2D eigenvalue weighted by atomic mass is 10.0. The molecule has 0 saturated carbocycles. The fourth-order valence-corrected chi connectivity index (χ4v) is 3.83. The number of aliphatic imine (C=N–C) groups is 1. The molecule has 2 aromatic rings. The molecule has 2 atom stereocenters. The summed E-state index contributed by atoms with van der Waals surface area (Å²) >= 11 is 0. The Morgan fingerprint density at radius 2 is 1.89 bits per heavy atom. The van der Waals surface area contributed by atoms with Crippen molar-refractivity contribution in [1.82, 2.24) is 9.97 Å². The first-order chi connectivity index (χ1) is 13.4. The average molecular weight is 384 g/mol. The van der Waals surface area contributed by atoms with Crippen LogP contribution in [0.3, 0.4) is 0 Å². The predicted molar refractivity (Wildman–Crippen MR) is 106 cm³/mol. The lowest BCUT2D eigenvalue weighted by molar-refractivity contribution is 0.0752. The van der Waals surface area contributed by atoms with E-state index in [1.54, 1.807) is 12.4 Å². The molecule has 28 heavy (non-hydrogen) atoms. The van der Waals surface area contributed by atoms with Crippen molar-refractivity contribution in [2.75, 3.05) is 18.1 Å². The quantitative estimate of drug-likeness (QED) is 0.809. The Morgan fingerprint density at radius 3 is 2.61 bits per heavy atom. The van der Waals surface area contributed by atoms with Crippen LogP contribution in [0.4, 0.5) is 10.2 Å². The van der Waals surface area contributed by atoms with Gasteiger partial charge in [-0.3, -0.25) is 4.99 Å². The second kappa shape index (κ2) is 7.47. The van der Waals surface area contributed by atoms with E-state index in [0.717, 1.165) is 28.4 Å². The molecule has 0 radical (unpaired) electrons. The van der Waals surface area contributed by atoms with E-state index in [9.17, 15) is 4.39 Å². The molecule has 0 aliphatic carbocycles. The van der Waals surface area contributed by atoms with Crippen molar-refractivity contribution in [3.8, 4) is 5.75 Å². The van der Waals surface area contributed by atoms with Gasteiger partial charge in [0.15, 0.2) is 11.6 Å². The number of hydrogen-bond donors (Lipinski definition) is 0. The van der Waals surface area contributed by atoms with Gasteiger partial charge in [0.25, 0.3) is 0 Å². The van der Waals surface area contributed by atoms with E-state index in [-0.39, 0.29) is 29.8 Å². The van der Waals surface area contributed by atoms with Crippen molar-refractivity contribution in [3.05, 3.63) is 47.2 Å². The Balaban J connectivity index is 1.69. The summed E-state index contributed by atoms with van der Waals surface area (Å²) in [5.74, 6) is 0.738. The van der Waals surface area contributed by atoms with Crippen LogP contribution in [0.1, 0.15) is 44.5 Å². The molecule has 4 rings (SSSR count). The lowest BCUT2D eigenvalue weighted by Gasteiger charge is -2.39. The number of fused-ring (bicyclic) bond motifs is 1. The minimum absolute atomic E-state index is 0.107. The molecule has 1 fully saturated rings. The standard InChI is InChI=1S/C21H25FN4O2/c1-12(2)28-19-6-16-15(5-17(19)22)8-23-21(16)18-7-20(25-11-24-18)26-13(3)9-27-10-14(26)4/h5-7,11-14H,8-10H2,1-4H3/t13-,14-/m1/s1. The highest BCUT2D eigenvalue weighted by atomic mass is 19.1. The zero-order chi connectivity index (χ0) is 19.8. The Morgan fingerprint density at radius 1 is 1.14 bits per heavy atom. The summed E-state index contributed by atoms with van der Waals surface area (Å²) in [7, 11) is 0. The normalized spacial score (nSPS) is 21.6. The molecular formula is C21H25FN4O2. The number of aromatic nitrogens is 2. The number of rotatable bonds is 4. The summed E-state index contributed by atoms with van der Waals surface area (Å²) in [6, 6.07) is 5.66. The molecule has 0 spiro atoms. The van der Waals surface area contributed by atoms with Gasteiger partial charge in [-0.1, -0.05) is 0 Å². The van der Waals surface area contributed by atoms with Gasteiger partial charge in [0.1, 0.15) is 12.1 Å². The first-order valence-corrected chi connectivity index (χ1v) is 9.66. The molecule has 0 bridgehead atoms. The van der Waals surface area contributed by atoms with Gasteiger partial charge in [-0.05, 0) is 45.4 Å². The fraction of sp³-hybridized carbons (Fsp3) is 0.476. The molecule has 0 amide bonds. The summed E-state index contributed by atoms with van der Waals surface area (Å²) in [4.78, 5) is 15.8. The fourth-order valence-electron chi connectivity index (χ4n) is 3.83. The van der Waals surface area contributed by atoms with E-state index in [1.165, 1.54) is 6.07 Å². The van der Waals surface area contributed by atoms with E-state index < -0.39 is 0 Å². The van der Waals surface area contributed by atoms with Crippen LogP contribution in [0.25, 0.3) is 0 Å². The summed E-state index contributed by atoms with van der Waals surface area (Å²) < 4.78 is 25.5. The van der Waals surface area contributed by atoms with Crippen molar-refractivity contribution >= 4 is 11.5 Å². The van der Waals surface area contributed by atoms with Crippen LogP contribution in [0.5, 0.6) is 5.75 Å². The summed E-state index contributed by atoms with van der Waals surface area (Å²) in [6.07, 6.45) is 1.46. The monoisotopic (exact) mass is 384 g/mol. The SMILES string of the molecule is CC(C)Oc1cc2c(cc1F)CN=C2c1cc(N2[C@H](C)COC[C@H]2C)ncn1. The molecular weight excluding hydrogens is 359 g/mol. The predicted octanol–water partition coefficient (Wildman–Crippen LogP) is 3.37. The maximum absolute atomic E-state index is 14.3. The summed E-state index contributed by atoms with van der Waals surface area (Å²) in [6.45, 7) is 9.78. The van der Waals surface area contributed by atoms with Crippen molar-refractivity contribution in [2.24, 2.45) is 4.99 Å². The van der Waals surface area contributed by atoms with Crippen molar-refractivity contribution in [2.45, 2.75) is 52.4 Å². The van der Waals surface area contributed by atoms with Crippen molar-refractivity contribution in [3.63, 3.8) is 0 Å². The number of benzene rings is 1. The van der Waals surface area contributed by atoms with E-state index in [0.29, 0.717) is 19.8 Å². The molecule has 0 N–H and O–H groups in total. The van der Waals surface area contributed by atoms with Gasteiger partial charge in [-0.15, -0.1) is 0 Å². The van der Waals surface area contributed by atoms with E-state index >= 15 is 0 Å². The van der Waals surface area contributed by atoms with Gasteiger partial charge in [-0.2, -0.15) is 0 Å². The van der Waals surface area contributed by atoms with E-state index in [2.05, 4.69) is 33.7 Å². The molecule has 148 valence electrons. The Labute approximate surface area is 164 Å². The third kappa shape index (κ3) is 3.46. The number of morpholine rings is 1. The van der Waals surface area contributed by atoms with E-state index in [4.69, 9.17) is 9.47 Å². The topological polar surface area (TPSA) is 59.8 Å². The Bertz CT molecular complexity index is 905. The van der Waals surface area contributed by atoms with Gasteiger partial charge in [-0.25, -0.2) is 14.4 Å². The Kier molecular flexibility index (Phi) is 5.02. The first kappa shape index (κ1) is 18.8. The van der Waals surface area contributed by atoms with Crippen LogP contribution in [-0.2, 0) is 11.3 Å². The van der Waals surface area contributed by atoms with Crippen LogP contribution in [0.2, 0.25) is 0 Å². The van der Waals surface area contributed by atoms with Crippen LogP contribution < -0.4 is 9.64 Å². The zero-order valence-corrected chi connectivity index (χ0v) is 16.6. The third-order valence-electron chi connectivity index (χ3n) is 5.01.